The van der Waals surface area contributed by atoms with E-state index < -0.39 is 11.6 Å². The number of halogens is 2. The Morgan fingerprint density at radius 3 is 2.45 bits per heavy atom. The Morgan fingerprint density at radius 1 is 0.939 bits per heavy atom. The van der Waals surface area contributed by atoms with Gasteiger partial charge in [0.2, 0.25) is 0 Å². The summed E-state index contributed by atoms with van der Waals surface area (Å²) in [6, 6.07) is 18.5. The molecular formula is C25H20F2N4O2. The molecular weight excluding hydrogens is 426 g/mol. The number of nitrogens with one attached hydrogen (secondary N) is 2. The minimum absolute atomic E-state index is 0.212. The summed E-state index contributed by atoms with van der Waals surface area (Å²) in [5, 5.41) is 9.71. The number of nitrogens with zero attached hydrogens (tertiary/aromatic N) is 2. The van der Waals surface area contributed by atoms with Crippen molar-refractivity contribution in [1.29, 1.82) is 0 Å². The first-order chi connectivity index (χ1) is 15.9. The van der Waals surface area contributed by atoms with Crippen molar-refractivity contribution in [2.45, 2.75) is 13.5 Å². The van der Waals surface area contributed by atoms with Gasteiger partial charge < -0.3 is 10.6 Å². The molecule has 0 saturated heterocycles. The lowest BCUT2D eigenvalue weighted by Gasteiger charge is -2.09. The van der Waals surface area contributed by atoms with Gasteiger partial charge in [0.15, 0.2) is 0 Å². The molecule has 6 nitrogen and oxygen atoms in total. The largest absolute Gasteiger partial charge is 0.348 e. The van der Waals surface area contributed by atoms with Crippen molar-refractivity contribution in [3.05, 3.63) is 113 Å². The average Bonchev–Trinajstić information content (AvgIpc) is 3.19. The SMILES string of the molecule is Cc1c(C(=O)NCc2cccc(NC(=O)c3ccc(F)cc3)c2)cnn1-c1ccccc1F. The van der Waals surface area contributed by atoms with E-state index in [4.69, 9.17) is 0 Å². The summed E-state index contributed by atoms with van der Waals surface area (Å²) in [5.74, 6) is -1.57. The molecule has 0 unspecified atom stereocenters. The lowest BCUT2D eigenvalue weighted by Crippen LogP contribution is -2.23. The molecule has 0 atom stereocenters. The standard InChI is InChI=1S/C25H20F2N4O2/c1-16-21(15-29-31(16)23-8-3-2-7-22(23)27)25(33)28-14-17-5-4-6-20(13-17)30-24(32)18-9-11-19(26)12-10-18/h2-13,15H,14H2,1H3,(H,28,33)(H,30,32). The molecule has 0 bridgehead atoms. The highest BCUT2D eigenvalue weighted by atomic mass is 19.1. The summed E-state index contributed by atoms with van der Waals surface area (Å²) in [7, 11) is 0. The lowest BCUT2D eigenvalue weighted by molar-refractivity contribution is 0.0949. The minimum Gasteiger partial charge on any atom is -0.348 e. The van der Waals surface area contributed by atoms with Crippen LogP contribution >= 0.6 is 0 Å². The van der Waals surface area contributed by atoms with E-state index >= 15 is 0 Å². The second-order valence-electron chi connectivity index (χ2n) is 7.35. The van der Waals surface area contributed by atoms with Crippen LogP contribution in [0.25, 0.3) is 5.69 Å². The van der Waals surface area contributed by atoms with Crippen LogP contribution in [0.2, 0.25) is 0 Å². The number of para-hydroxylation sites is 1. The van der Waals surface area contributed by atoms with E-state index in [1.54, 1.807) is 43.3 Å². The van der Waals surface area contributed by atoms with Crippen molar-refractivity contribution in [3.8, 4) is 5.69 Å². The van der Waals surface area contributed by atoms with Gasteiger partial charge in [0.25, 0.3) is 11.8 Å². The summed E-state index contributed by atoms with van der Waals surface area (Å²) in [6.07, 6.45) is 1.40. The predicted molar refractivity (Wildman–Crippen MR) is 120 cm³/mol. The maximum Gasteiger partial charge on any atom is 0.255 e. The Hall–Kier alpha value is -4.33. The summed E-state index contributed by atoms with van der Waals surface area (Å²) < 4.78 is 28.5. The van der Waals surface area contributed by atoms with Crippen LogP contribution in [-0.2, 0) is 6.54 Å². The minimum atomic E-state index is -0.435. The third-order valence-corrected chi connectivity index (χ3v) is 5.08. The number of aromatic nitrogens is 2. The Labute approximate surface area is 188 Å². The van der Waals surface area contributed by atoms with Gasteiger partial charge >= 0.3 is 0 Å². The topological polar surface area (TPSA) is 76.0 Å². The second kappa shape index (κ2) is 9.44. The van der Waals surface area contributed by atoms with Gasteiger partial charge in [-0.25, -0.2) is 13.5 Å². The highest BCUT2D eigenvalue weighted by Crippen LogP contribution is 2.18. The highest BCUT2D eigenvalue weighted by molar-refractivity contribution is 6.04. The molecule has 0 aliphatic carbocycles. The van der Waals surface area contributed by atoms with Crippen LogP contribution in [0.5, 0.6) is 0 Å². The fraction of sp³-hybridized carbons (Fsp3) is 0.0800. The van der Waals surface area contributed by atoms with Crippen LogP contribution in [0, 0.1) is 18.6 Å². The fourth-order valence-electron chi connectivity index (χ4n) is 3.34. The van der Waals surface area contributed by atoms with Crippen LogP contribution in [0.3, 0.4) is 0 Å². The Balaban J connectivity index is 1.42. The Kier molecular flexibility index (Phi) is 6.26. The fourth-order valence-corrected chi connectivity index (χ4v) is 3.34. The van der Waals surface area contributed by atoms with Gasteiger partial charge in [-0.05, 0) is 61.0 Å². The first-order valence-electron chi connectivity index (χ1n) is 10.2. The summed E-state index contributed by atoms with van der Waals surface area (Å²) >= 11 is 0. The molecule has 3 aromatic carbocycles. The van der Waals surface area contributed by atoms with Crippen molar-refractivity contribution in [2.75, 3.05) is 5.32 Å². The number of carbonyl (C=O) groups excluding carboxylic acids is 2. The van der Waals surface area contributed by atoms with Gasteiger partial charge in [0, 0.05) is 17.8 Å². The van der Waals surface area contributed by atoms with Gasteiger partial charge in [0.05, 0.1) is 17.5 Å². The second-order valence-corrected chi connectivity index (χ2v) is 7.35. The van der Waals surface area contributed by atoms with E-state index in [1.807, 2.05) is 6.07 Å². The molecule has 166 valence electrons. The van der Waals surface area contributed by atoms with E-state index in [0.29, 0.717) is 22.5 Å². The van der Waals surface area contributed by atoms with Crippen LogP contribution in [0.1, 0.15) is 32.0 Å². The molecule has 4 rings (SSSR count). The van der Waals surface area contributed by atoms with Gasteiger partial charge in [-0.3, -0.25) is 9.59 Å². The van der Waals surface area contributed by atoms with Crippen molar-refractivity contribution in [2.24, 2.45) is 0 Å². The highest BCUT2D eigenvalue weighted by Gasteiger charge is 2.16. The quantitative estimate of drug-likeness (QED) is 0.453. The Morgan fingerprint density at radius 2 is 1.70 bits per heavy atom. The number of hydrogen-bond donors (Lipinski definition) is 2. The number of carbonyl (C=O) groups is 2. The normalized spacial score (nSPS) is 10.6. The molecule has 33 heavy (non-hydrogen) atoms. The molecule has 0 saturated carbocycles. The number of benzene rings is 3. The maximum absolute atomic E-state index is 14.1. The monoisotopic (exact) mass is 446 g/mol. The number of rotatable bonds is 6. The molecule has 1 heterocycles. The van der Waals surface area contributed by atoms with Gasteiger partial charge in [0.1, 0.15) is 17.3 Å². The molecule has 0 aliphatic rings. The van der Waals surface area contributed by atoms with Gasteiger partial charge in [-0.1, -0.05) is 24.3 Å². The molecule has 1 aromatic heterocycles. The third-order valence-electron chi connectivity index (χ3n) is 5.08. The van der Waals surface area contributed by atoms with E-state index in [1.165, 1.54) is 41.2 Å². The lowest BCUT2D eigenvalue weighted by atomic mass is 10.1. The van der Waals surface area contributed by atoms with Crippen molar-refractivity contribution in [1.82, 2.24) is 15.1 Å². The van der Waals surface area contributed by atoms with E-state index in [0.717, 1.165) is 5.56 Å². The van der Waals surface area contributed by atoms with Gasteiger partial charge in [-0.15, -0.1) is 0 Å². The number of anilines is 1. The number of amides is 2. The van der Waals surface area contributed by atoms with Crippen LogP contribution in [-0.4, -0.2) is 21.6 Å². The third kappa shape index (κ3) is 4.95. The van der Waals surface area contributed by atoms with Gasteiger partial charge in [-0.2, -0.15) is 5.10 Å². The number of hydrogen-bond acceptors (Lipinski definition) is 3. The maximum atomic E-state index is 14.1. The molecule has 2 amide bonds. The first kappa shape index (κ1) is 21.9. The molecule has 0 radical (unpaired) electrons. The Bertz CT molecular complexity index is 1320. The molecule has 0 fully saturated rings. The zero-order valence-corrected chi connectivity index (χ0v) is 17.7. The summed E-state index contributed by atoms with van der Waals surface area (Å²) in [6.45, 7) is 1.91. The zero-order valence-electron chi connectivity index (χ0n) is 17.7. The smallest absolute Gasteiger partial charge is 0.255 e. The van der Waals surface area contributed by atoms with E-state index in [-0.39, 0.29) is 24.0 Å². The van der Waals surface area contributed by atoms with Crippen LogP contribution in [0.15, 0.2) is 79.0 Å². The molecule has 0 aliphatic heterocycles. The van der Waals surface area contributed by atoms with Crippen molar-refractivity contribution in [3.63, 3.8) is 0 Å². The summed E-state index contributed by atoms with van der Waals surface area (Å²) in [5.41, 5.74) is 2.74. The zero-order chi connectivity index (χ0) is 23.4. The van der Waals surface area contributed by atoms with Crippen LogP contribution in [0.4, 0.5) is 14.5 Å². The molecule has 4 aromatic rings. The van der Waals surface area contributed by atoms with Crippen molar-refractivity contribution < 1.29 is 18.4 Å². The average molecular weight is 446 g/mol. The van der Waals surface area contributed by atoms with Crippen molar-refractivity contribution >= 4 is 17.5 Å². The molecule has 2 N–H and O–H groups in total. The predicted octanol–water partition coefficient (Wildman–Crippen LogP) is 4.64. The molecule has 0 spiro atoms. The molecule has 8 heteroatoms. The summed E-state index contributed by atoms with van der Waals surface area (Å²) in [4.78, 5) is 25.0. The van der Waals surface area contributed by atoms with E-state index in [9.17, 15) is 18.4 Å². The van der Waals surface area contributed by atoms with Crippen LogP contribution < -0.4 is 10.6 Å². The first-order valence-corrected chi connectivity index (χ1v) is 10.2. The van der Waals surface area contributed by atoms with E-state index in [2.05, 4.69) is 15.7 Å².